The van der Waals surface area contributed by atoms with Gasteiger partial charge in [-0.2, -0.15) is 0 Å². The zero-order valence-corrected chi connectivity index (χ0v) is 11.9. The zero-order valence-electron chi connectivity index (χ0n) is 11.9. The van der Waals surface area contributed by atoms with Crippen molar-refractivity contribution in [3.63, 3.8) is 0 Å². The van der Waals surface area contributed by atoms with Gasteiger partial charge in [0.25, 0.3) is 0 Å². The van der Waals surface area contributed by atoms with Gasteiger partial charge in [-0.3, -0.25) is 0 Å². The molecule has 18 heavy (non-hydrogen) atoms. The number of aromatic nitrogens is 2. The Labute approximate surface area is 110 Å². The summed E-state index contributed by atoms with van der Waals surface area (Å²) < 4.78 is 0. The predicted molar refractivity (Wildman–Crippen MR) is 75.1 cm³/mol. The molecule has 0 amide bonds. The highest BCUT2D eigenvalue weighted by Crippen LogP contribution is 2.20. The van der Waals surface area contributed by atoms with Crippen molar-refractivity contribution in [2.75, 3.05) is 18.4 Å². The molecule has 1 aromatic heterocycles. The SMILES string of the molecule is Cc1nc(C(C)C)nc(NC2CCCNC2)c1C. The van der Waals surface area contributed by atoms with Crippen LogP contribution in [0.25, 0.3) is 0 Å². The molecule has 1 aliphatic rings. The van der Waals surface area contributed by atoms with Crippen molar-refractivity contribution >= 4 is 5.82 Å². The molecule has 0 bridgehead atoms. The summed E-state index contributed by atoms with van der Waals surface area (Å²) in [5, 5.41) is 6.99. The van der Waals surface area contributed by atoms with Crippen LogP contribution in [-0.4, -0.2) is 29.1 Å². The van der Waals surface area contributed by atoms with Crippen molar-refractivity contribution in [3.8, 4) is 0 Å². The van der Waals surface area contributed by atoms with Crippen LogP contribution in [0.3, 0.4) is 0 Å². The van der Waals surface area contributed by atoms with Crippen LogP contribution in [0.4, 0.5) is 5.82 Å². The number of anilines is 1. The highest BCUT2D eigenvalue weighted by atomic mass is 15.1. The highest BCUT2D eigenvalue weighted by molar-refractivity contribution is 5.46. The minimum absolute atomic E-state index is 0.370. The lowest BCUT2D eigenvalue weighted by molar-refractivity contribution is 0.478. The van der Waals surface area contributed by atoms with Gasteiger partial charge in [-0.25, -0.2) is 9.97 Å². The van der Waals surface area contributed by atoms with Crippen LogP contribution in [0, 0.1) is 13.8 Å². The van der Waals surface area contributed by atoms with E-state index < -0.39 is 0 Å². The van der Waals surface area contributed by atoms with Gasteiger partial charge in [-0.15, -0.1) is 0 Å². The summed E-state index contributed by atoms with van der Waals surface area (Å²) in [6.45, 7) is 10.6. The molecule has 1 unspecified atom stereocenters. The second-order valence-electron chi connectivity index (χ2n) is 5.48. The summed E-state index contributed by atoms with van der Waals surface area (Å²) in [6, 6.07) is 0.492. The van der Waals surface area contributed by atoms with E-state index in [0.29, 0.717) is 12.0 Å². The van der Waals surface area contributed by atoms with E-state index in [1.165, 1.54) is 18.4 Å². The van der Waals surface area contributed by atoms with Crippen LogP contribution in [0.2, 0.25) is 0 Å². The van der Waals surface area contributed by atoms with Crippen LogP contribution >= 0.6 is 0 Å². The maximum Gasteiger partial charge on any atom is 0.133 e. The standard InChI is InChI=1S/C14H24N4/c1-9(2)13-16-11(4)10(3)14(18-13)17-12-6-5-7-15-8-12/h9,12,15H,5-8H2,1-4H3,(H,16,17,18). The van der Waals surface area contributed by atoms with Crippen molar-refractivity contribution in [1.29, 1.82) is 0 Å². The molecule has 0 aromatic carbocycles. The fourth-order valence-electron chi connectivity index (χ4n) is 2.22. The molecule has 1 saturated heterocycles. The molecule has 0 radical (unpaired) electrons. The Morgan fingerprint density at radius 1 is 1.28 bits per heavy atom. The van der Waals surface area contributed by atoms with Crippen LogP contribution < -0.4 is 10.6 Å². The minimum atomic E-state index is 0.370. The van der Waals surface area contributed by atoms with Crippen molar-refractivity contribution in [1.82, 2.24) is 15.3 Å². The Morgan fingerprint density at radius 2 is 2.06 bits per heavy atom. The number of rotatable bonds is 3. The van der Waals surface area contributed by atoms with E-state index in [1.54, 1.807) is 0 Å². The van der Waals surface area contributed by atoms with Gasteiger partial charge in [-0.05, 0) is 33.2 Å². The minimum Gasteiger partial charge on any atom is -0.366 e. The van der Waals surface area contributed by atoms with Gasteiger partial charge >= 0.3 is 0 Å². The zero-order chi connectivity index (χ0) is 13.1. The van der Waals surface area contributed by atoms with Gasteiger partial charge < -0.3 is 10.6 Å². The lowest BCUT2D eigenvalue weighted by Crippen LogP contribution is -2.38. The van der Waals surface area contributed by atoms with Crippen LogP contribution in [0.5, 0.6) is 0 Å². The largest absolute Gasteiger partial charge is 0.366 e. The molecular weight excluding hydrogens is 224 g/mol. The molecule has 2 N–H and O–H groups in total. The smallest absolute Gasteiger partial charge is 0.133 e. The second kappa shape index (κ2) is 5.65. The van der Waals surface area contributed by atoms with E-state index in [2.05, 4.69) is 48.3 Å². The summed E-state index contributed by atoms with van der Waals surface area (Å²) in [4.78, 5) is 9.24. The van der Waals surface area contributed by atoms with Gasteiger partial charge in [0.05, 0.1) is 0 Å². The third-order valence-corrected chi connectivity index (χ3v) is 3.56. The molecule has 1 fully saturated rings. The average Bonchev–Trinajstić information content (AvgIpc) is 2.35. The normalized spacial score (nSPS) is 20.2. The van der Waals surface area contributed by atoms with E-state index in [9.17, 15) is 0 Å². The molecule has 4 nitrogen and oxygen atoms in total. The molecule has 0 spiro atoms. The van der Waals surface area contributed by atoms with Crippen molar-refractivity contribution in [3.05, 3.63) is 17.1 Å². The molecule has 2 heterocycles. The monoisotopic (exact) mass is 248 g/mol. The first-order valence-corrected chi connectivity index (χ1v) is 6.90. The molecule has 0 saturated carbocycles. The molecule has 1 aliphatic heterocycles. The fraction of sp³-hybridized carbons (Fsp3) is 0.714. The Bertz CT molecular complexity index is 409. The predicted octanol–water partition coefficient (Wildman–Crippen LogP) is 2.38. The number of aryl methyl sites for hydroxylation is 1. The third kappa shape index (κ3) is 2.99. The van der Waals surface area contributed by atoms with E-state index in [0.717, 1.165) is 30.4 Å². The lowest BCUT2D eigenvalue weighted by atomic mass is 10.1. The van der Waals surface area contributed by atoms with Gasteiger partial charge in [0.1, 0.15) is 11.6 Å². The summed E-state index contributed by atoms with van der Waals surface area (Å²) in [5.41, 5.74) is 2.25. The maximum atomic E-state index is 4.68. The van der Waals surface area contributed by atoms with Gasteiger partial charge in [0, 0.05) is 29.8 Å². The van der Waals surface area contributed by atoms with Crippen molar-refractivity contribution in [2.24, 2.45) is 0 Å². The van der Waals surface area contributed by atoms with E-state index >= 15 is 0 Å². The van der Waals surface area contributed by atoms with E-state index in [1.807, 2.05) is 0 Å². The Kier molecular flexibility index (Phi) is 4.17. The van der Waals surface area contributed by atoms with Crippen molar-refractivity contribution < 1.29 is 0 Å². The van der Waals surface area contributed by atoms with Gasteiger partial charge in [0.2, 0.25) is 0 Å². The number of nitrogens with one attached hydrogen (secondary N) is 2. The number of hydrogen-bond acceptors (Lipinski definition) is 4. The highest BCUT2D eigenvalue weighted by Gasteiger charge is 2.16. The van der Waals surface area contributed by atoms with Crippen LogP contribution in [0.15, 0.2) is 0 Å². The first-order chi connectivity index (χ1) is 8.58. The van der Waals surface area contributed by atoms with E-state index in [-0.39, 0.29) is 0 Å². The van der Waals surface area contributed by atoms with Crippen LogP contribution in [0.1, 0.15) is 49.7 Å². The third-order valence-electron chi connectivity index (χ3n) is 3.56. The first-order valence-electron chi connectivity index (χ1n) is 6.90. The molecular formula is C14H24N4. The first kappa shape index (κ1) is 13.3. The van der Waals surface area contributed by atoms with Crippen molar-refractivity contribution in [2.45, 2.75) is 52.5 Å². The quantitative estimate of drug-likeness (QED) is 0.862. The fourth-order valence-corrected chi connectivity index (χ4v) is 2.22. The second-order valence-corrected chi connectivity index (χ2v) is 5.48. The average molecular weight is 248 g/mol. The lowest BCUT2D eigenvalue weighted by Gasteiger charge is -2.25. The summed E-state index contributed by atoms with van der Waals surface area (Å²) in [6.07, 6.45) is 2.45. The van der Waals surface area contributed by atoms with Gasteiger partial charge in [0.15, 0.2) is 0 Å². The summed E-state index contributed by atoms with van der Waals surface area (Å²) in [7, 11) is 0. The molecule has 100 valence electrons. The summed E-state index contributed by atoms with van der Waals surface area (Å²) >= 11 is 0. The molecule has 1 atom stereocenters. The number of piperidine rings is 1. The molecule has 0 aliphatic carbocycles. The van der Waals surface area contributed by atoms with Gasteiger partial charge in [-0.1, -0.05) is 13.8 Å². The maximum absolute atomic E-state index is 4.68. The number of hydrogen-bond donors (Lipinski definition) is 2. The Morgan fingerprint density at radius 3 is 2.67 bits per heavy atom. The van der Waals surface area contributed by atoms with Crippen LogP contribution in [-0.2, 0) is 0 Å². The Hall–Kier alpha value is -1.16. The topological polar surface area (TPSA) is 49.8 Å². The molecule has 1 aromatic rings. The molecule has 4 heteroatoms. The Balaban J connectivity index is 2.19. The summed E-state index contributed by atoms with van der Waals surface area (Å²) in [5.74, 6) is 2.32. The van der Waals surface area contributed by atoms with E-state index in [4.69, 9.17) is 0 Å². The number of nitrogens with zero attached hydrogens (tertiary/aromatic N) is 2. The molecule has 2 rings (SSSR count).